The highest BCUT2D eigenvalue weighted by molar-refractivity contribution is 7.86. The number of aliphatic hydroxyl groups excluding tert-OH is 1. The molecule has 0 aliphatic rings. The van der Waals surface area contributed by atoms with Gasteiger partial charge in [0.1, 0.15) is 0 Å². The third kappa shape index (κ3) is 15.2. The molecule has 0 radical (unpaired) electrons. The second kappa shape index (κ2) is 14.2. The van der Waals surface area contributed by atoms with E-state index < -0.39 is 15.4 Å². The Kier molecular flexibility index (Phi) is 14.2. The summed E-state index contributed by atoms with van der Waals surface area (Å²) in [5.41, 5.74) is 0. The molecule has 2 atom stereocenters. The van der Waals surface area contributed by atoms with Crippen LogP contribution in [0.2, 0.25) is 0 Å². The smallest absolute Gasteiger partial charge is 0.267 e. The Morgan fingerprint density at radius 2 is 1.13 bits per heavy atom. The average molecular weight is 351 g/mol. The zero-order valence-electron chi connectivity index (χ0n) is 15.2. The Hall–Kier alpha value is -0.130. The molecule has 0 amide bonds. The fraction of sp³-hybridized carbons (Fsp3) is 1.00. The van der Waals surface area contributed by atoms with Gasteiger partial charge >= 0.3 is 0 Å². The van der Waals surface area contributed by atoms with Gasteiger partial charge in [-0.3, -0.25) is 4.55 Å². The van der Waals surface area contributed by atoms with Crippen LogP contribution in [0.5, 0.6) is 0 Å². The van der Waals surface area contributed by atoms with Gasteiger partial charge in [-0.25, -0.2) is 0 Å². The number of unbranched alkanes of at least 4 members (excludes halogenated alkanes) is 9. The van der Waals surface area contributed by atoms with Gasteiger partial charge in [-0.1, -0.05) is 77.6 Å². The largest absolute Gasteiger partial charge is 0.393 e. The monoisotopic (exact) mass is 350 g/mol. The topological polar surface area (TPSA) is 74.6 Å². The van der Waals surface area contributed by atoms with E-state index in [0.29, 0.717) is 6.42 Å². The molecule has 5 heteroatoms. The molecule has 0 saturated heterocycles. The van der Waals surface area contributed by atoms with E-state index in [0.717, 1.165) is 44.9 Å². The van der Waals surface area contributed by atoms with Crippen LogP contribution in [-0.4, -0.2) is 29.4 Å². The molecule has 0 aromatic heterocycles. The molecule has 2 unspecified atom stereocenters. The van der Waals surface area contributed by atoms with E-state index in [9.17, 15) is 13.5 Å². The van der Waals surface area contributed by atoms with Crippen LogP contribution in [0, 0.1) is 0 Å². The molecule has 0 bridgehead atoms. The second-order valence-corrected chi connectivity index (χ2v) is 8.72. The standard InChI is InChI=1S/C18H38O4S/c1-3-14-18(19)16-13-11-9-7-5-4-6-8-10-12-15-17(2)23(20,21)22/h17-19H,3-16H2,1-2H3,(H,20,21,22). The summed E-state index contributed by atoms with van der Waals surface area (Å²) in [6.45, 7) is 3.68. The lowest BCUT2D eigenvalue weighted by Crippen LogP contribution is -2.16. The predicted octanol–water partition coefficient (Wildman–Crippen LogP) is 5.10. The van der Waals surface area contributed by atoms with Crippen molar-refractivity contribution in [1.82, 2.24) is 0 Å². The lowest BCUT2D eigenvalue weighted by atomic mass is 10.0. The van der Waals surface area contributed by atoms with Gasteiger partial charge in [0.2, 0.25) is 0 Å². The van der Waals surface area contributed by atoms with E-state index in [1.807, 2.05) is 0 Å². The first kappa shape index (κ1) is 22.9. The zero-order chi connectivity index (χ0) is 17.6. The van der Waals surface area contributed by atoms with E-state index in [2.05, 4.69) is 6.92 Å². The van der Waals surface area contributed by atoms with Gasteiger partial charge in [0.05, 0.1) is 11.4 Å². The fourth-order valence-corrected chi connectivity index (χ4v) is 3.32. The van der Waals surface area contributed by atoms with Gasteiger partial charge in [0.25, 0.3) is 10.1 Å². The van der Waals surface area contributed by atoms with Gasteiger partial charge in [0, 0.05) is 0 Å². The minimum atomic E-state index is -3.84. The molecule has 0 spiro atoms. The molecule has 0 saturated carbocycles. The first-order valence-electron chi connectivity index (χ1n) is 9.52. The molecule has 0 heterocycles. The van der Waals surface area contributed by atoms with Gasteiger partial charge in [0.15, 0.2) is 0 Å². The maximum absolute atomic E-state index is 10.9. The first-order valence-corrected chi connectivity index (χ1v) is 11.0. The molecular formula is C18H38O4S. The molecule has 140 valence electrons. The summed E-state index contributed by atoms with van der Waals surface area (Å²) in [6, 6.07) is 0. The quantitative estimate of drug-likeness (QED) is 0.300. The molecule has 0 rings (SSSR count). The Bertz CT molecular complexity index is 354. The van der Waals surface area contributed by atoms with Crippen molar-refractivity contribution in [2.45, 2.75) is 115 Å². The summed E-state index contributed by atoms with van der Waals surface area (Å²) in [4.78, 5) is 0. The zero-order valence-corrected chi connectivity index (χ0v) is 16.0. The van der Waals surface area contributed by atoms with Crippen molar-refractivity contribution < 1.29 is 18.1 Å². The van der Waals surface area contributed by atoms with E-state index in [1.165, 1.54) is 38.5 Å². The first-order chi connectivity index (χ1) is 10.9. The van der Waals surface area contributed by atoms with Gasteiger partial charge in [-0.05, 0) is 26.2 Å². The van der Waals surface area contributed by atoms with Crippen LogP contribution in [-0.2, 0) is 10.1 Å². The molecule has 4 nitrogen and oxygen atoms in total. The maximum atomic E-state index is 10.9. The van der Waals surface area contributed by atoms with Crippen molar-refractivity contribution in [1.29, 1.82) is 0 Å². The van der Waals surface area contributed by atoms with Crippen molar-refractivity contribution in [2.24, 2.45) is 0 Å². The van der Waals surface area contributed by atoms with E-state index in [1.54, 1.807) is 6.92 Å². The molecule has 2 N–H and O–H groups in total. The van der Waals surface area contributed by atoms with E-state index in [-0.39, 0.29) is 6.10 Å². The van der Waals surface area contributed by atoms with Crippen molar-refractivity contribution in [3.63, 3.8) is 0 Å². The van der Waals surface area contributed by atoms with Crippen molar-refractivity contribution in [3.05, 3.63) is 0 Å². The molecule has 0 aliphatic heterocycles. The van der Waals surface area contributed by atoms with Crippen molar-refractivity contribution >= 4 is 10.1 Å². The summed E-state index contributed by atoms with van der Waals surface area (Å²) in [7, 11) is -3.84. The predicted molar refractivity (Wildman–Crippen MR) is 97.3 cm³/mol. The Morgan fingerprint density at radius 1 is 0.739 bits per heavy atom. The lowest BCUT2D eigenvalue weighted by Gasteiger charge is -2.08. The van der Waals surface area contributed by atoms with Crippen LogP contribution in [0.15, 0.2) is 0 Å². The van der Waals surface area contributed by atoms with Crippen LogP contribution in [0.4, 0.5) is 0 Å². The SMILES string of the molecule is CCCC(O)CCCCCCCCCCCCC(C)S(=O)(=O)O. The molecule has 0 aromatic rings. The highest BCUT2D eigenvalue weighted by Gasteiger charge is 2.15. The molecule has 0 aliphatic carbocycles. The Morgan fingerprint density at radius 3 is 1.52 bits per heavy atom. The third-order valence-corrected chi connectivity index (χ3v) is 5.78. The fourth-order valence-electron chi connectivity index (χ4n) is 2.85. The molecule has 0 fully saturated rings. The third-order valence-electron chi connectivity index (χ3n) is 4.53. The summed E-state index contributed by atoms with van der Waals surface area (Å²) in [5, 5.41) is 9.00. The Balaban J connectivity index is 3.22. The van der Waals surface area contributed by atoms with Crippen molar-refractivity contribution in [3.8, 4) is 0 Å². The number of hydrogen-bond acceptors (Lipinski definition) is 3. The second-order valence-electron chi connectivity index (χ2n) is 6.88. The minimum absolute atomic E-state index is 0.0939. The van der Waals surface area contributed by atoms with Crippen LogP contribution in [0.3, 0.4) is 0 Å². The Labute approximate surface area is 143 Å². The minimum Gasteiger partial charge on any atom is -0.393 e. The number of rotatable bonds is 16. The summed E-state index contributed by atoms with van der Waals surface area (Å²) in [6.07, 6.45) is 15.2. The van der Waals surface area contributed by atoms with Crippen molar-refractivity contribution in [2.75, 3.05) is 0 Å². The number of hydrogen-bond donors (Lipinski definition) is 2. The van der Waals surface area contributed by atoms with Crippen LogP contribution in [0.25, 0.3) is 0 Å². The summed E-state index contributed by atoms with van der Waals surface area (Å²) < 4.78 is 30.6. The summed E-state index contributed by atoms with van der Waals surface area (Å²) >= 11 is 0. The van der Waals surface area contributed by atoms with Crippen LogP contribution in [0.1, 0.15) is 104 Å². The van der Waals surface area contributed by atoms with E-state index in [4.69, 9.17) is 4.55 Å². The summed E-state index contributed by atoms with van der Waals surface area (Å²) in [5.74, 6) is 0. The van der Waals surface area contributed by atoms with Gasteiger partial charge < -0.3 is 5.11 Å². The highest BCUT2D eigenvalue weighted by Crippen LogP contribution is 2.15. The maximum Gasteiger partial charge on any atom is 0.267 e. The highest BCUT2D eigenvalue weighted by atomic mass is 32.2. The molecule has 0 aromatic carbocycles. The van der Waals surface area contributed by atoms with E-state index >= 15 is 0 Å². The molecular weight excluding hydrogens is 312 g/mol. The average Bonchev–Trinajstić information content (AvgIpc) is 2.47. The van der Waals surface area contributed by atoms with Gasteiger partial charge in [-0.2, -0.15) is 8.42 Å². The van der Waals surface area contributed by atoms with Gasteiger partial charge in [-0.15, -0.1) is 0 Å². The molecule has 23 heavy (non-hydrogen) atoms. The number of aliphatic hydroxyl groups is 1. The van der Waals surface area contributed by atoms with Crippen LogP contribution < -0.4 is 0 Å². The normalized spacial score (nSPS) is 14.8. The van der Waals surface area contributed by atoms with Crippen LogP contribution >= 0.6 is 0 Å². The lowest BCUT2D eigenvalue weighted by molar-refractivity contribution is 0.150.